The van der Waals surface area contributed by atoms with Crippen LogP contribution in [0.15, 0.2) is 0 Å². The van der Waals surface area contributed by atoms with E-state index in [1.807, 2.05) is 0 Å². The van der Waals surface area contributed by atoms with Crippen molar-refractivity contribution in [2.75, 3.05) is 0 Å². The van der Waals surface area contributed by atoms with Gasteiger partial charge in [0.05, 0.1) is 0 Å². The maximum Gasteiger partial charge on any atom is 0 e. The topological polar surface area (TPSA) is 0 Å². The Labute approximate surface area is 97.3 Å². The van der Waals surface area contributed by atoms with Crippen molar-refractivity contribution in [2.45, 2.75) is 0 Å². The minimum atomic E-state index is 0. The molecule has 0 aliphatic rings. The van der Waals surface area contributed by atoms with Crippen molar-refractivity contribution in [3.8, 4) is 0 Å². The largest absolute Gasteiger partial charge is 0.197 e. The summed E-state index contributed by atoms with van der Waals surface area (Å²) in [7, 11) is 0. The Hall–Kier alpha value is 3.08. The predicted molar refractivity (Wildman–Crippen MR) is 20.8 cm³/mol. The van der Waals surface area contributed by atoms with Crippen molar-refractivity contribution in [3.05, 3.63) is 0 Å². The quantitative estimate of drug-likeness (QED) is 0.476. The third-order valence-electron chi connectivity index (χ3n) is 0. The molecule has 0 bridgehead atoms. The SMILES string of the molecule is S.S.[Cd].[Fe].[Hg]. The summed E-state index contributed by atoms with van der Waals surface area (Å²) in [6.07, 6.45) is 0. The van der Waals surface area contributed by atoms with Crippen molar-refractivity contribution in [1.29, 1.82) is 0 Å². The molecule has 0 heterocycles. The summed E-state index contributed by atoms with van der Waals surface area (Å²) in [6.45, 7) is 0. The van der Waals surface area contributed by atoms with Crippen molar-refractivity contribution in [2.24, 2.45) is 0 Å². The molecule has 0 aromatic rings. The zero-order valence-electron chi connectivity index (χ0n) is 2.77. The second-order valence-corrected chi connectivity index (χ2v) is 0. The molecule has 0 unspecified atom stereocenters. The van der Waals surface area contributed by atoms with E-state index in [4.69, 9.17) is 0 Å². The molecule has 0 aromatic carbocycles. The van der Waals surface area contributed by atoms with E-state index in [9.17, 15) is 0 Å². The van der Waals surface area contributed by atoms with Crippen LogP contribution in [-0.4, -0.2) is 0 Å². The van der Waals surface area contributed by atoms with Crippen LogP contribution in [0.4, 0.5) is 0 Å². The van der Waals surface area contributed by atoms with Gasteiger partial charge < -0.3 is 0 Å². The van der Waals surface area contributed by atoms with Crippen LogP contribution in [0.25, 0.3) is 0 Å². The van der Waals surface area contributed by atoms with Crippen LogP contribution in [0, 0.1) is 0 Å². The molecule has 0 spiro atoms. The Kier molecular flexibility index (Phi) is 236. The molecule has 5 heteroatoms. The summed E-state index contributed by atoms with van der Waals surface area (Å²) in [5.74, 6) is 0. The number of hydrogen-bond acceptors (Lipinski definition) is 0. The molecular formula is H4CdFeHgS2. The minimum absolute atomic E-state index is 0. The Balaban J connectivity index is 0. The van der Waals surface area contributed by atoms with E-state index in [0.29, 0.717) is 0 Å². The van der Waals surface area contributed by atoms with Crippen LogP contribution >= 0.6 is 27.0 Å². The van der Waals surface area contributed by atoms with Gasteiger partial charge in [-0.15, -0.1) is 0 Å². The average molecular weight is 437 g/mol. The first-order chi connectivity index (χ1) is 0. The summed E-state index contributed by atoms with van der Waals surface area (Å²) >= 11 is 0. The maximum absolute atomic E-state index is 0. The molecule has 0 nitrogen and oxygen atoms in total. The van der Waals surface area contributed by atoms with E-state index in [2.05, 4.69) is 0 Å². The second-order valence-electron chi connectivity index (χ2n) is 0. The smallest absolute Gasteiger partial charge is 0 e. The summed E-state index contributed by atoms with van der Waals surface area (Å²) in [6, 6.07) is 0. The summed E-state index contributed by atoms with van der Waals surface area (Å²) in [5, 5.41) is 0. The molecule has 0 atom stereocenters. The van der Waals surface area contributed by atoms with Crippen molar-refractivity contribution >= 4 is 27.0 Å². The standard InChI is InChI=1S/Cd.Fe.Hg.2H2S/h;;;2*1H2. The van der Waals surface area contributed by atoms with Gasteiger partial charge in [-0.3, -0.25) is 0 Å². The van der Waals surface area contributed by atoms with Gasteiger partial charge in [0.25, 0.3) is 0 Å². The van der Waals surface area contributed by atoms with Gasteiger partial charge in [-0.25, -0.2) is 0 Å². The van der Waals surface area contributed by atoms with Gasteiger partial charge in [-0.2, -0.15) is 27.0 Å². The van der Waals surface area contributed by atoms with Crippen LogP contribution in [0.5, 0.6) is 0 Å². The van der Waals surface area contributed by atoms with E-state index < -0.39 is 0 Å². The first-order valence-corrected chi connectivity index (χ1v) is 0. The van der Waals surface area contributed by atoms with Crippen LogP contribution in [0.1, 0.15) is 0 Å². The Bertz CT molecular complexity index is 9.61. The van der Waals surface area contributed by atoms with Gasteiger partial charge in [0, 0.05) is 72.0 Å². The molecule has 0 saturated heterocycles. The molecule has 0 radical (unpaired) electrons. The van der Waals surface area contributed by atoms with Crippen LogP contribution in [0.3, 0.4) is 0 Å². The zero-order valence-corrected chi connectivity index (χ0v) is 15.4. The van der Waals surface area contributed by atoms with E-state index in [0.717, 1.165) is 0 Å². The van der Waals surface area contributed by atoms with Gasteiger partial charge in [-0.05, 0) is 0 Å². The molecule has 0 aliphatic heterocycles. The number of hydrogen-bond donors (Lipinski definition) is 0. The molecule has 28 valence electrons. The zero-order chi connectivity index (χ0) is 0. The van der Waals surface area contributed by atoms with Gasteiger partial charge in [0.2, 0.25) is 0 Å². The first kappa shape index (κ1) is 42.7. The van der Waals surface area contributed by atoms with Gasteiger partial charge in [0.15, 0.2) is 0 Å². The van der Waals surface area contributed by atoms with E-state index in [1.165, 1.54) is 0 Å². The number of rotatable bonds is 0. The Morgan fingerprint density at radius 1 is 0.800 bits per heavy atom. The summed E-state index contributed by atoms with van der Waals surface area (Å²) in [4.78, 5) is 0. The van der Waals surface area contributed by atoms with Crippen LogP contribution in [-0.2, 0) is 72.0 Å². The molecule has 0 N–H and O–H groups in total. The van der Waals surface area contributed by atoms with E-state index >= 15 is 0 Å². The molecule has 0 rings (SSSR count). The van der Waals surface area contributed by atoms with Gasteiger partial charge in [0.1, 0.15) is 0 Å². The Morgan fingerprint density at radius 2 is 0.800 bits per heavy atom. The van der Waals surface area contributed by atoms with Crippen molar-refractivity contribution in [1.82, 2.24) is 0 Å². The second kappa shape index (κ2) is 27.6. The van der Waals surface area contributed by atoms with Crippen molar-refractivity contribution in [3.63, 3.8) is 0 Å². The fourth-order valence-corrected chi connectivity index (χ4v) is 0. The van der Waals surface area contributed by atoms with E-state index in [-0.39, 0.29) is 99.0 Å². The molecule has 0 aromatic heterocycles. The minimum Gasteiger partial charge on any atom is -0.197 e. The third kappa shape index (κ3) is 19.3. The van der Waals surface area contributed by atoms with Gasteiger partial charge in [-0.1, -0.05) is 0 Å². The average Bonchev–Trinajstić information content (AvgIpc) is 0. The third-order valence-corrected chi connectivity index (χ3v) is 0. The first-order valence-electron chi connectivity index (χ1n) is 0. The van der Waals surface area contributed by atoms with Crippen molar-refractivity contribution < 1.29 is 72.0 Å². The predicted octanol–water partition coefficient (Wildman–Crippen LogP) is 0.218. The molecule has 0 amide bonds. The van der Waals surface area contributed by atoms with E-state index in [1.54, 1.807) is 0 Å². The fraction of sp³-hybridized carbons (Fsp3) is 0. The summed E-state index contributed by atoms with van der Waals surface area (Å²) in [5.41, 5.74) is 0. The van der Waals surface area contributed by atoms with Crippen LogP contribution < -0.4 is 0 Å². The molecule has 0 fully saturated rings. The monoisotopic (exact) mass is 440 g/mol. The molecule has 5 heavy (non-hydrogen) atoms. The molecule has 0 aliphatic carbocycles. The normalized spacial score (nSPS) is 0. The maximum atomic E-state index is 0. The van der Waals surface area contributed by atoms with Crippen LogP contribution in [0.2, 0.25) is 0 Å². The Morgan fingerprint density at radius 3 is 0.800 bits per heavy atom. The molecule has 0 saturated carbocycles. The fourth-order valence-electron chi connectivity index (χ4n) is 0. The van der Waals surface area contributed by atoms with Gasteiger partial charge >= 0.3 is 0 Å². The molecular weight excluding hydrogens is 433 g/mol. The summed E-state index contributed by atoms with van der Waals surface area (Å²) < 4.78 is 0.